The highest BCUT2D eigenvalue weighted by Gasteiger charge is 2.36. The van der Waals surface area contributed by atoms with Crippen molar-refractivity contribution >= 4 is 50.1 Å². The maximum Gasteiger partial charge on any atom is 0.269 e. The van der Waals surface area contributed by atoms with Crippen LogP contribution in [0.1, 0.15) is 0 Å². The summed E-state index contributed by atoms with van der Waals surface area (Å²) in [5, 5.41) is 15.9. The van der Waals surface area contributed by atoms with E-state index in [1.165, 1.54) is 24.3 Å². The number of nitro benzene ring substituents is 1. The number of alkyl halides is 1. The van der Waals surface area contributed by atoms with Gasteiger partial charge >= 0.3 is 0 Å². The van der Waals surface area contributed by atoms with Gasteiger partial charge in [0.1, 0.15) is 0 Å². The minimum atomic E-state index is -3.14. The molecule has 0 aromatic heterocycles. The standard InChI is InChI=1S/C11H12ClN3O4S2/c12-9-5-21(18,19)6-10(9)14-11(20)13-7-1-3-8(4-2-7)15(16)17/h1-4,9-10H,5-6H2,(H2,13,14,20)/t9-,10+/m1/s1. The molecule has 0 amide bonds. The molecule has 7 nitrogen and oxygen atoms in total. The number of nitrogens with zero attached hydrogens (tertiary/aromatic N) is 1. The van der Waals surface area contributed by atoms with Crippen LogP contribution in [-0.4, -0.2) is 41.4 Å². The monoisotopic (exact) mass is 349 g/mol. The topological polar surface area (TPSA) is 101 Å². The molecule has 21 heavy (non-hydrogen) atoms. The molecule has 1 heterocycles. The van der Waals surface area contributed by atoms with Crippen LogP contribution in [0.15, 0.2) is 24.3 Å². The van der Waals surface area contributed by atoms with Crippen molar-refractivity contribution < 1.29 is 13.3 Å². The van der Waals surface area contributed by atoms with Crippen LogP contribution in [0, 0.1) is 10.1 Å². The quantitative estimate of drug-likeness (QED) is 0.367. The van der Waals surface area contributed by atoms with Crippen molar-refractivity contribution in [2.45, 2.75) is 11.4 Å². The SMILES string of the molecule is O=[N+]([O-])c1ccc(NC(=S)N[C@H]2CS(=O)(=O)C[C@H]2Cl)cc1. The molecule has 2 rings (SSSR count). The molecule has 0 spiro atoms. The van der Waals surface area contributed by atoms with Crippen LogP contribution >= 0.6 is 23.8 Å². The van der Waals surface area contributed by atoms with Crippen LogP contribution in [0.4, 0.5) is 11.4 Å². The largest absolute Gasteiger partial charge is 0.357 e. The second kappa shape index (κ2) is 6.12. The Labute approximate surface area is 131 Å². The number of halogens is 1. The molecule has 1 fully saturated rings. The third-order valence-corrected chi connectivity index (χ3v) is 5.53. The van der Waals surface area contributed by atoms with Gasteiger partial charge in [-0.1, -0.05) is 0 Å². The maximum atomic E-state index is 11.4. The average molecular weight is 350 g/mol. The third-order valence-electron chi connectivity index (χ3n) is 2.94. The molecule has 1 aliphatic rings. The summed E-state index contributed by atoms with van der Waals surface area (Å²) in [6, 6.07) is 5.26. The van der Waals surface area contributed by atoms with Crippen LogP contribution in [0.2, 0.25) is 0 Å². The van der Waals surface area contributed by atoms with E-state index in [0.29, 0.717) is 5.69 Å². The van der Waals surface area contributed by atoms with Crippen molar-refractivity contribution in [3.63, 3.8) is 0 Å². The zero-order valence-electron chi connectivity index (χ0n) is 10.7. The Morgan fingerprint density at radius 2 is 1.95 bits per heavy atom. The van der Waals surface area contributed by atoms with Crippen molar-refractivity contribution in [3.05, 3.63) is 34.4 Å². The van der Waals surface area contributed by atoms with Gasteiger partial charge in [-0.3, -0.25) is 10.1 Å². The van der Waals surface area contributed by atoms with Gasteiger partial charge < -0.3 is 10.6 Å². The lowest BCUT2D eigenvalue weighted by molar-refractivity contribution is -0.384. The number of nitro groups is 1. The summed E-state index contributed by atoms with van der Waals surface area (Å²) in [5.41, 5.74) is 0.534. The number of benzene rings is 1. The molecule has 0 aliphatic carbocycles. The zero-order chi connectivity index (χ0) is 15.6. The summed E-state index contributed by atoms with van der Waals surface area (Å²) < 4.78 is 22.9. The highest BCUT2D eigenvalue weighted by molar-refractivity contribution is 7.91. The molecular weight excluding hydrogens is 338 g/mol. The number of hydrogen-bond donors (Lipinski definition) is 2. The van der Waals surface area contributed by atoms with E-state index in [1.54, 1.807) is 0 Å². The fourth-order valence-corrected chi connectivity index (χ4v) is 4.76. The Morgan fingerprint density at radius 3 is 2.43 bits per heavy atom. The third kappa shape index (κ3) is 4.26. The second-order valence-corrected chi connectivity index (χ2v) is 7.72. The van der Waals surface area contributed by atoms with Gasteiger partial charge in [0.25, 0.3) is 5.69 Å². The Kier molecular flexibility index (Phi) is 4.64. The van der Waals surface area contributed by atoms with E-state index in [4.69, 9.17) is 23.8 Å². The molecule has 2 N–H and O–H groups in total. The van der Waals surface area contributed by atoms with Gasteiger partial charge in [0.15, 0.2) is 14.9 Å². The Hall–Kier alpha value is -1.45. The fraction of sp³-hybridized carbons (Fsp3) is 0.364. The lowest BCUT2D eigenvalue weighted by atomic mass is 10.2. The normalized spacial score (nSPS) is 23.5. The van der Waals surface area contributed by atoms with Crippen molar-refractivity contribution in [2.24, 2.45) is 0 Å². The minimum Gasteiger partial charge on any atom is -0.357 e. The van der Waals surface area contributed by atoms with Crippen LogP contribution in [-0.2, 0) is 9.84 Å². The molecule has 0 saturated carbocycles. The molecule has 0 radical (unpaired) electrons. The Morgan fingerprint density at radius 1 is 1.33 bits per heavy atom. The Balaban J connectivity index is 1.94. The molecule has 114 valence electrons. The van der Waals surface area contributed by atoms with Crippen LogP contribution in [0.5, 0.6) is 0 Å². The average Bonchev–Trinajstić information content (AvgIpc) is 2.62. The number of anilines is 1. The number of non-ortho nitro benzene ring substituents is 1. The number of rotatable bonds is 3. The van der Waals surface area contributed by atoms with Crippen molar-refractivity contribution in [3.8, 4) is 0 Å². The van der Waals surface area contributed by atoms with Crippen LogP contribution < -0.4 is 10.6 Å². The van der Waals surface area contributed by atoms with Gasteiger partial charge in [-0.25, -0.2) is 8.42 Å². The van der Waals surface area contributed by atoms with Gasteiger partial charge in [0.2, 0.25) is 0 Å². The van der Waals surface area contributed by atoms with E-state index in [-0.39, 0.29) is 22.3 Å². The second-order valence-electron chi connectivity index (χ2n) is 4.60. The van der Waals surface area contributed by atoms with Gasteiger partial charge in [-0.2, -0.15) is 0 Å². The van der Waals surface area contributed by atoms with Crippen molar-refractivity contribution in [1.82, 2.24) is 5.32 Å². The molecule has 1 aliphatic heterocycles. The zero-order valence-corrected chi connectivity index (χ0v) is 13.0. The van der Waals surface area contributed by atoms with E-state index in [0.717, 1.165) is 0 Å². The van der Waals surface area contributed by atoms with Crippen molar-refractivity contribution in [2.75, 3.05) is 16.8 Å². The lowest BCUT2D eigenvalue weighted by Crippen LogP contribution is -2.42. The summed E-state index contributed by atoms with van der Waals surface area (Å²) in [4.78, 5) is 10.0. The van der Waals surface area contributed by atoms with E-state index < -0.39 is 26.2 Å². The van der Waals surface area contributed by atoms with Gasteiger partial charge in [-0.15, -0.1) is 11.6 Å². The van der Waals surface area contributed by atoms with Gasteiger partial charge in [-0.05, 0) is 24.4 Å². The molecule has 0 bridgehead atoms. The maximum absolute atomic E-state index is 11.4. The van der Waals surface area contributed by atoms with E-state index in [9.17, 15) is 18.5 Å². The highest BCUT2D eigenvalue weighted by atomic mass is 35.5. The Bertz CT molecular complexity index is 663. The van der Waals surface area contributed by atoms with Crippen molar-refractivity contribution in [1.29, 1.82) is 0 Å². The molecular formula is C11H12ClN3O4S2. The van der Waals surface area contributed by atoms with E-state index in [2.05, 4.69) is 10.6 Å². The minimum absolute atomic E-state index is 0.0258. The first-order valence-electron chi connectivity index (χ1n) is 5.93. The van der Waals surface area contributed by atoms with Crippen LogP contribution in [0.3, 0.4) is 0 Å². The fourth-order valence-electron chi connectivity index (χ4n) is 1.94. The first kappa shape index (κ1) is 15.9. The first-order valence-corrected chi connectivity index (χ1v) is 8.60. The summed E-state index contributed by atoms with van der Waals surface area (Å²) in [6.07, 6.45) is 0. The summed E-state index contributed by atoms with van der Waals surface area (Å²) in [5.74, 6) is -0.143. The van der Waals surface area contributed by atoms with Gasteiger partial charge in [0, 0.05) is 17.8 Å². The van der Waals surface area contributed by atoms with Gasteiger partial charge in [0.05, 0.1) is 27.8 Å². The summed E-state index contributed by atoms with van der Waals surface area (Å²) in [7, 11) is -3.14. The number of nitrogens with one attached hydrogen (secondary N) is 2. The lowest BCUT2D eigenvalue weighted by Gasteiger charge is -2.17. The molecule has 2 atom stereocenters. The molecule has 1 aromatic rings. The molecule has 10 heteroatoms. The molecule has 1 aromatic carbocycles. The number of hydrogen-bond acceptors (Lipinski definition) is 5. The smallest absolute Gasteiger partial charge is 0.269 e. The van der Waals surface area contributed by atoms with E-state index in [1.807, 2.05) is 0 Å². The predicted molar refractivity (Wildman–Crippen MR) is 84.5 cm³/mol. The number of thiocarbonyl (C=S) groups is 1. The highest BCUT2D eigenvalue weighted by Crippen LogP contribution is 2.19. The molecule has 1 saturated heterocycles. The number of sulfone groups is 1. The molecule has 0 unspecified atom stereocenters. The first-order chi connectivity index (χ1) is 9.77. The predicted octanol–water partition coefficient (Wildman–Crippen LogP) is 1.29. The van der Waals surface area contributed by atoms with Crippen LogP contribution in [0.25, 0.3) is 0 Å². The summed E-state index contributed by atoms with van der Waals surface area (Å²) in [6.45, 7) is 0. The summed E-state index contributed by atoms with van der Waals surface area (Å²) >= 11 is 11.0. The van der Waals surface area contributed by atoms with E-state index >= 15 is 0 Å².